The van der Waals surface area contributed by atoms with Gasteiger partial charge >= 0.3 is 0 Å². The van der Waals surface area contributed by atoms with Crippen molar-refractivity contribution in [1.29, 1.82) is 0 Å². The molecule has 0 aliphatic heterocycles. The Morgan fingerprint density at radius 2 is 2.04 bits per heavy atom. The second-order valence-electron chi connectivity index (χ2n) is 5.71. The van der Waals surface area contributed by atoms with Crippen LogP contribution in [0.2, 0.25) is 0 Å². The minimum atomic E-state index is -0.594. The lowest BCUT2D eigenvalue weighted by Crippen LogP contribution is -2.32. The summed E-state index contributed by atoms with van der Waals surface area (Å²) >= 11 is 3.25. The molecule has 1 atom stereocenters. The summed E-state index contributed by atoms with van der Waals surface area (Å²) in [5, 5.41) is 2.98. The Labute approximate surface area is 144 Å². The second-order valence-corrected chi connectivity index (χ2v) is 6.56. The summed E-state index contributed by atoms with van der Waals surface area (Å²) in [7, 11) is 0. The van der Waals surface area contributed by atoms with Gasteiger partial charge in [0, 0.05) is 11.9 Å². The highest BCUT2D eigenvalue weighted by atomic mass is 79.9. The van der Waals surface area contributed by atoms with Gasteiger partial charge in [0.15, 0.2) is 0 Å². The van der Waals surface area contributed by atoms with Crippen molar-refractivity contribution >= 4 is 27.5 Å². The van der Waals surface area contributed by atoms with Crippen LogP contribution >= 0.6 is 15.9 Å². The van der Waals surface area contributed by atoms with Gasteiger partial charge in [0.1, 0.15) is 6.04 Å². The molecule has 1 amide bonds. The molecule has 5 heteroatoms. The van der Waals surface area contributed by atoms with E-state index in [4.69, 9.17) is 0 Å². The standard InChI is InChI=1S/C18H21BrN2O2/c1-5-14-8-6-7-12(3)16(14)20-17(22)13(4)21-10-11(2)9-15(19)18(21)23/h6-10,13H,5H2,1-4H3,(H,20,22). The van der Waals surface area contributed by atoms with Gasteiger partial charge in [-0.25, -0.2) is 0 Å². The van der Waals surface area contributed by atoms with Crippen molar-refractivity contribution in [2.75, 3.05) is 5.32 Å². The van der Waals surface area contributed by atoms with Gasteiger partial charge in [-0.3, -0.25) is 9.59 Å². The maximum atomic E-state index is 12.6. The topological polar surface area (TPSA) is 51.1 Å². The predicted octanol–water partition coefficient (Wildman–Crippen LogP) is 3.99. The Bertz CT molecular complexity index is 796. The van der Waals surface area contributed by atoms with Crippen LogP contribution in [0.3, 0.4) is 0 Å². The van der Waals surface area contributed by atoms with E-state index >= 15 is 0 Å². The number of halogens is 1. The lowest BCUT2D eigenvalue weighted by Gasteiger charge is -2.19. The van der Waals surface area contributed by atoms with Crippen molar-refractivity contribution in [1.82, 2.24) is 4.57 Å². The highest BCUT2D eigenvalue weighted by Crippen LogP contribution is 2.22. The number of para-hydroxylation sites is 1. The van der Waals surface area contributed by atoms with Crippen LogP contribution in [0.4, 0.5) is 5.69 Å². The van der Waals surface area contributed by atoms with Crippen molar-refractivity contribution in [3.63, 3.8) is 0 Å². The first-order valence-electron chi connectivity index (χ1n) is 7.62. The third-order valence-electron chi connectivity index (χ3n) is 3.92. The van der Waals surface area contributed by atoms with Crippen molar-refractivity contribution in [2.24, 2.45) is 0 Å². The molecular formula is C18H21BrN2O2. The molecule has 1 aromatic heterocycles. The van der Waals surface area contributed by atoms with Gasteiger partial charge in [0.25, 0.3) is 5.56 Å². The van der Waals surface area contributed by atoms with Crippen LogP contribution in [-0.2, 0) is 11.2 Å². The summed E-state index contributed by atoms with van der Waals surface area (Å²) < 4.78 is 1.92. The molecule has 2 aromatic rings. The number of pyridine rings is 1. The molecule has 122 valence electrons. The third-order valence-corrected chi connectivity index (χ3v) is 4.49. The molecule has 1 aromatic carbocycles. The van der Waals surface area contributed by atoms with E-state index < -0.39 is 6.04 Å². The fourth-order valence-electron chi connectivity index (χ4n) is 2.54. The number of hydrogen-bond donors (Lipinski definition) is 1. The van der Waals surface area contributed by atoms with Crippen LogP contribution in [0.15, 0.2) is 39.7 Å². The Balaban J connectivity index is 2.34. The quantitative estimate of drug-likeness (QED) is 0.876. The Morgan fingerprint density at radius 3 is 2.70 bits per heavy atom. The number of aromatic nitrogens is 1. The van der Waals surface area contributed by atoms with Crippen LogP contribution in [0, 0.1) is 13.8 Å². The fraction of sp³-hybridized carbons (Fsp3) is 0.333. The number of nitrogens with zero attached hydrogens (tertiary/aromatic N) is 1. The zero-order valence-electron chi connectivity index (χ0n) is 13.8. The van der Waals surface area contributed by atoms with Gasteiger partial charge in [-0.1, -0.05) is 25.1 Å². The zero-order valence-corrected chi connectivity index (χ0v) is 15.4. The molecule has 1 heterocycles. The van der Waals surface area contributed by atoms with E-state index in [0.717, 1.165) is 28.8 Å². The molecule has 0 aliphatic rings. The average Bonchev–Trinajstić information content (AvgIpc) is 2.51. The van der Waals surface area contributed by atoms with Crippen molar-refractivity contribution in [2.45, 2.75) is 40.2 Å². The van der Waals surface area contributed by atoms with E-state index in [1.54, 1.807) is 19.2 Å². The number of nitrogens with one attached hydrogen (secondary N) is 1. The molecule has 0 aliphatic carbocycles. The summed E-state index contributed by atoms with van der Waals surface area (Å²) in [6, 6.07) is 7.11. The number of hydrogen-bond acceptors (Lipinski definition) is 2. The number of anilines is 1. The van der Waals surface area contributed by atoms with Crippen LogP contribution in [-0.4, -0.2) is 10.5 Å². The summed E-state index contributed by atoms with van der Waals surface area (Å²) in [6.07, 6.45) is 2.54. The zero-order chi connectivity index (χ0) is 17.1. The van der Waals surface area contributed by atoms with Gasteiger partial charge < -0.3 is 9.88 Å². The van der Waals surface area contributed by atoms with Crippen LogP contribution in [0.25, 0.3) is 0 Å². The summed E-state index contributed by atoms with van der Waals surface area (Å²) in [6.45, 7) is 7.64. The molecule has 1 N–H and O–H groups in total. The molecule has 2 rings (SSSR count). The summed E-state index contributed by atoms with van der Waals surface area (Å²) in [5.74, 6) is -0.200. The normalized spacial score (nSPS) is 12.0. The number of rotatable bonds is 4. The number of amides is 1. The smallest absolute Gasteiger partial charge is 0.265 e. The number of benzene rings is 1. The van der Waals surface area contributed by atoms with E-state index in [1.807, 2.05) is 32.0 Å². The number of carbonyl (C=O) groups is 1. The Hall–Kier alpha value is -1.88. The molecule has 1 unspecified atom stereocenters. The van der Waals surface area contributed by atoms with Gasteiger partial charge in [-0.05, 0) is 65.9 Å². The maximum absolute atomic E-state index is 12.6. The molecule has 0 saturated carbocycles. The highest BCUT2D eigenvalue weighted by molar-refractivity contribution is 9.10. The van der Waals surface area contributed by atoms with E-state index in [0.29, 0.717) is 4.47 Å². The monoisotopic (exact) mass is 376 g/mol. The largest absolute Gasteiger partial charge is 0.324 e. The Kier molecular flexibility index (Phi) is 5.42. The second kappa shape index (κ2) is 7.13. The lowest BCUT2D eigenvalue weighted by atomic mass is 10.1. The highest BCUT2D eigenvalue weighted by Gasteiger charge is 2.19. The maximum Gasteiger partial charge on any atom is 0.265 e. The van der Waals surface area contributed by atoms with Crippen LogP contribution in [0.5, 0.6) is 0 Å². The van der Waals surface area contributed by atoms with Gasteiger partial charge in [-0.2, -0.15) is 0 Å². The van der Waals surface area contributed by atoms with E-state index in [9.17, 15) is 9.59 Å². The molecule has 0 bridgehead atoms. The molecule has 0 fully saturated rings. The van der Waals surface area contributed by atoms with Gasteiger partial charge in [0.2, 0.25) is 5.91 Å². The van der Waals surface area contributed by atoms with E-state index in [1.165, 1.54) is 4.57 Å². The average molecular weight is 377 g/mol. The summed E-state index contributed by atoms with van der Waals surface area (Å²) in [4.78, 5) is 24.9. The van der Waals surface area contributed by atoms with Crippen molar-refractivity contribution < 1.29 is 4.79 Å². The fourth-order valence-corrected chi connectivity index (χ4v) is 3.11. The van der Waals surface area contributed by atoms with Gasteiger partial charge in [0.05, 0.1) is 4.47 Å². The predicted molar refractivity (Wildman–Crippen MR) is 97.0 cm³/mol. The minimum absolute atomic E-state index is 0.200. The third kappa shape index (κ3) is 3.72. The van der Waals surface area contributed by atoms with Crippen molar-refractivity contribution in [3.8, 4) is 0 Å². The minimum Gasteiger partial charge on any atom is -0.324 e. The number of carbonyl (C=O) groups excluding carboxylic acids is 1. The van der Waals surface area contributed by atoms with E-state index in [-0.39, 0.29) is 11.5 Å². The van der Waals surface area contributed by atoms with Crippen LogP contribution in [0.1, 0.15) is 36.6 Å². The first kappa shape index (κ1) is 17.5. The molecule has 23 heavy (non-hydrogen) atoms. The molecule has 0 saturated heterocycles. The lowest BCUT2D eigenvalue weighted by molar-refractivity contribution is -0.118. The molecular weight excluding hydrogens is 356 g/mol. The van der Waals surface area contributed by atoms with Gasteiger partial charge in [-0.15, -0.1) is 0 Å². The van der Waals surface area contributed by atoms with E-state index in [2.05, 4.69) is 28.2 Å². The first-order chi connectivity index (χ1) is 10.8. The Morgan fingerprint density at radius 1 is 1.35 bits per heavy atom. The molecule has 4 nitrogen and oxygen atoms in total. The first-order valence-corrected chi connectivity index (χ1v) is 8.42. The summed E-state index contributed by atoms with van der Waals surface area (Å²) in [5.41, 5.74) is 3.65. The van der Waals surface area contributed by atoms with Crippen molar-refractivity contribution in [3.05, 3.63) is 62.0 Å². The number of aryl methyl sites for hydroxylation is 3. The molecule has 0 spiro atoms. The molecule has 0 radical (unpaired) electrons. The SMILES string of the molecule is CCc1cccc(C)c1NC(=O)C(C)n1cc(C)cc(Br)c1=O. The van der Waals surface area contributed by atoms with Crippen LogP contribution < -0.4 is 10.9 Å².